The van der Waals surface area contributed by atoms with E-state index in [2.05, 4.69) is 17.4 Å². The quantitative estimate of drug-likeness (QED) is 0.302. The molecule has 0 bridgehead atoms. The molecule has 4 aromatic carbocycles. The summed E-state index contributed by atoms with van der Waals surface area (Å²) in [5, 5.41) is 2.90. The Bertz CT molecular complexity index is 1290. The summed E-state index contributed by atoms with van der Waals surface area (Å²) in [6.07, 6.45) is -0.155. The molecule has 0 saturated heterocycles. The van der Waals surface area contributed by atoms with Crippen LogP contribution in [0.25, 0.3) is 11.1 Å². The second-order valence-electron chi connectivity index (χ2n) is 8.62. The topological polar surface area (TPSA) is 58.6 Å². The minimum Gasteiger partial charge on any atom is -0.481 e. The van der Waals surface area contributed by atoms with Gasteiger partial charge in [-0.15, -0.1) is 0 Å². The van der Waals surface area contributed by atoms with Gasteiger partial charge in [-0.1, -0.05) is 85.8 Å². The number of amides is 2. The van der Waals surface area contributed by atoms with Crippen molar-refractivity contribution in [3.63, 3.8) is 0 Å². The molecular formula is C31H30N2O3. The number of ether oxygens (including phenoxy) is 1. The molecule has 1 unspecified atom stereocenters. The van der Waals surface area contributed by atoms with Crippen LogP contribution in [0, 0.1) is 0 Å². The largest absolute Gasteiger partial charge is 0.481 e. The Morgan fingerprint density at radius 1 is 0.806 bits per heavy atom. The Morgan fingerprint density at radius 3 is 2.11 bits per heavy atom. The third-order valence-electron chi connectivity index (χ3n) is 5.89. The molecule has 0 spiro atoms. The molecule has 0 aromatic heterocycles. The fraction of sp³-hybridized carbons (Fsp3) is 0.161. The van der Waals surface area contributed by atoms with Gasteiger partial charge in [0.2, 0.25) is 0 Å². The first-order valence-corrected chi connectivity index (χ1v) is 12.1. The lowest BCUT2D eigenvalue weighted by atomic mass is 10.1. The van der Waals surface area contributed by atoms with E-state index in [-0.39, 0.29) is 11.8 Å². The van der Waals surface area contributed by atoms with Crippen LogP contribution in [-0.4, -0.2) is 29.9 Å². The van der Waals surface area contributed by atoms with E-state index < -0.39 is 6.10 Å². The molecule has 0 saturated carbocycles. The van der Waals surface area contributed by atoms with Gasteiger partial charge in [0, 0.05) is 24.8 Å². The average Bonchev–Trinajstić information content (AvgIpc) is 2.92. The van der Waals surface area contributed by atoms with Crippen molar-refractivity contribution < 1.29 is 14.3 Å². The molecule has 4 rings (SSSR count). The second-order valence-corrected chi connectivity index (χ2v) is 8.62. The number of nitrogens with one attached hydrogen (secondary N) is 1. The van der Waals surface area contributed by atoms with E-state index in [1.54, 1.807) is 36.2 Å². The molecule has 182 valence electrons. The Kier molecular flexibility index (Phi) is 8.14. The molecule has 0 heterocycles. The molecule has 0 aliphatic carbocycles. The Hall–Kier alpha value is -4.38. The SMILES string of the molecule is CCC(Oc1ccc(-c2ccccc2)cc1)C(=O)Nc1cccc(C(=O)N(C)Cc2ccccc2)c1. The molecule has 0 fully saturated rings. The Morgan fingerprint density at radius 2 is 1.44 bits per heavy atom. The summed E-state index contributed by atoms with van der Waals surface area (Å²) < 4.78 is 5.98. The van der Waals surface area contributed by atoms with Crippen molar-refractivity contribution in [2.45, 2.75) is 26.0 Å². The van der Waals surface area contributed by atoms with Gasteiger partial charge in [0.15, 0.2) is 6.10 Å². The van der Waals surface area contributed by atoms with Crippen molar-refractivity contribution in [2.75, 3.05) is 12.4 Å². The summed E-state index contributed by atoms with van der Waals surface area (Å²) in [5.41, 5.74) is 4.33. The zero-order valence-electron chi connectivity index (χ0n) is 20.6. The van der Waals surface area contributed by atoms with Gasteiger partial charge in [-0.05, 0) is 53.4 Å². The maximum atomic E-state index is 13.0. The summed E-state index contributed by atoms with van der Waals surface area (Å²) in [6.45, 7) is 2.41. The highest BCUT2D eigenvalue weighted by Crippen LogP contribution is 2.23. The number of nitrogens with zero attached hydrogens (tertiary/aromatic N) is 1. The summed E-state index contributed by atoms with van der Waals surface area (Å²) in [7, 11) is 1.77. The Labute approximate surface area is 212 Å². The van der Waals surface area contributed by atoms with E-state index in [1.807, 2.05) is 79.7 Å². The van der Waals surface area contributed by atoms with E-state index in [0.717, 1.165) is 16.7 Å². The van der Waals surface area contributed by atoms with Gasteiger partial charge < -0.3 is 15.0 Å². The monoisotopic (exact) mass is 478 g/mol. The number of hydrogen-bond donors (Lipinski definition) is 1. The maximum Gasteiger partial charge on any atom is 0.265 e. The molecule has 0 aliphatic heterocycles. The van der Waals surface area contributed by atoms with Crippen LogP contribution in [0.4, 0.5) is 5.69 Å². The lowest BCUT2D eigenvalue weighted by Gasteiger charge is -2.19. The summed E-state index contributed by atoms with van der Waals surface area (Å²) in [5.74, 6) is 0.256. The molecular weight excluding hydrogens is 448 g/mol. The fourth-order valence-electron chi connectivity index (χ4n) is 3.95. The van der Waals surface area contributed by atoms with Crippen LogP contribution in [0.1, 0.15) is 29.3 Å². The zero-order chi connectivity index (χ0) is 25.3. The van der Waals surface area contributed by atoms with Crippen LogP contribution in [-0.2, 0) is 11.3 Å². The van der Waals surface area contributed by atoms with Crippen molar-refractivity contribution in [1.29, 1.82) is 0 Å². The Balaban J connectivity index is 1.38. The molecule has 2 amide bonds. The van der Waals surface area contributed by atoms with Gasteiger partial charge in [-0.3, -0.25) is 9.59 Å². The summed E-state index contributed by atoms with van der Waals surface area (Å²) >= 11 is 0. The standard InChI is InChI=1S/C31H30N2O3/c1-3-29(36-28-19-17-25(18-20-28)24-13-8-5-9-14-24)30(34)32-27-16-10-15-26(21-27)31(35)33(2)22-23-11-6-4-7-12-23/h4-21,29H,3,22H2,1-2H3,(H,32,34). The van der Waals surface area contributed by atoms with Gasteiger partial charge in [0.1, 0.15) is 5.75 Å². The maximum absolute atomic E-state index is 13.0. The van der Waals surface area contributed by atoms with Crippen molar-refractivity contribution in [3.8, 4) is 16.9 Å². The van der Waals surface area contributed by atoms with E-state index in [0.29, 0.717) is 30.0 Å². The predicted octanol–water partition coefficient (Wildman–Crippen LogP) is 6.42. The number of carbonyl (C=O) groups is 2. The fourth-order valence-corrected chi connectivity index (χ4v) is 3.95. The zero-order valence-corrected chi connectivity index (χ0v) is 20.6. The normalized spacial score (nSPS) is 11.4. The van der Waals surface area contributed by atoms with Crippen molar-refractivity contribution >= 4 is 17.5 Å². The predicted molar refractivity (Wildman–Crippen MR) is 144 cm³/mol. The van der Waals surface area contributed by atoms with Crippen LogP contribution < -0.4 is 10.1 Å². The van der Waals surface area contributed by atoms with Gasteiger partial charge in [0.25, 0.3) is 11.8 Å². The first-order chi connectivity index (χ1) is 17.5. The van der Waals surface area contributed by atoms with Gasteiger partial charge in [0.05, 0.1) is 0 Å². The van der Waals surface area contributed by atoms with Crippen molar-refractivity contribution in [2.24, 2.45) is 0 Å². The average molecular weight is 479 g/mol. The number of rotatable bonds is 9. The first-order valence-electron chi connectivity index (χ1n) is 12.1. The molecule has 5 heteroatoms. The summed E-state index contributed by atoms with van der Waals surface area (Å²) in [6, 6.07) is 34.6. The number of benzene rings is 4. The van der Waals surface area contributed by atoms with Gasteiger partial charge in [-0.25, -0.2) is 0 Å². The van der Waals surface area contributed by atoms with E-state index in [9.17, 15) is 9.59 Å². The van der Waals surface area contributed by atoms with Crippen LogP contribution in [0.5, 0.6) is 5.75 Å². The van der Waals surface area contributed by atoms with Crippen molar-refractivity contribution in [1.82, 2.24) is 4.90 Å². The van der Waals surface area contributed by atoms with E-state index in [1.165, 1.54) is 0 Å². The third kappa shape index (κ3) is 6.39. The molecule has 1 atom stereocenters. The molecule has 1 N–H and O–H groups in total. The van der Waals surface area contributed by atoms with E-state index in [4.69, 9.17) is 4.74 Å². The smallest absolute Gasteiger partial charge is 0.265 e. The lowest BCUT2D eigenvalue weighted by Crippen LogP contribution is -2.32. The molecule has 0 radical (unpaired) electrons. The second kappa shape index (κ2) is 11.8. The molecule has 4 aromatic rings. The molecule has 5 nitrogen and oxygen atoms in total. The highest BCUT2D eigenvalue weighted by Gasteiger charge is 2.20. The minimum absolute atomic E-state index is 0.114. The van der Waals surface area contributed by atoms with Gasteiger partial charge >= 0.3 is 0 Å². The minimum atomic E-state index is -0.660. The van der Waals surface area contributed by atoms with Crippen LogP contribution in [0.3, 0.4) is 0 Å². The first kappa shape index (κ1) is 24.7. The lowest BCUT2D eigenvalue weighted by molar-refractivity contribution is -0.122. The molecule has 36 heavy (non-hydrogen) atoms. The number of anilines is 1. The van der Waals surface area contributed by atoms with Crippen LogP contribution >= 0.6 is 0 Å². The highest BCUT2D eigenvalue weighted by atomic mass is 16.5. The van der Waals surface area contributed by atoms with Crippen molar-refractivity contribution in [3.05, 3.63) is 120 Å². The molecule has 0 aliphatic rings. The third-order valence-corrected chi connectivity index (χ3v) is 5.89. The number of hydrogen-bond acceptors (Lipinski definition) is 3. The van der Waals surface area contributed by atoms with Crippen LogP contribution in [0.15, 0.2) is 109 Å². The van der Waals surface area contributed by atoms with Gasteiger partial charge in [-0.2, -0.15) is 0 Å². The highest BCUT2D eigenvalue weighted by molar-refractivity contribution is 5.98. The van der Waals surface area contributed by atoms with E-state index >= 15 is 0 Å². The summed E-state index contributed by atoms with van der Waals surface area (Å²) in [4.78, 5) is 27.6. The number of carbonyl (C=O) groups excluding carboxylic acids is 2. The van der Waals surface area contributed by atoms with Crippen LogP contribution in [0.2, 0.25) is 0 Å².